The van der Waals surface area contributed by atoms with Crippen LogP contribution in [0.3, 0.4) is 0 Å². The molecule has 2 aromatic rings. The number of cyclic esters (lactones) is 1. The van der Waals surface area contributed by atoms with Crippen LogP contribution in [-0.4, -0.2) is 42.4 Å². The highest BCUT2D eigenvalue weighted by Gasteiger charge is 2.32. The van der Waals surface area contributed by atoms with Gasteiger partial charge in [0.15, 0.2) is 0 Å². The monoisotopic (exact) mass is 378 g/mol. The molecule has 1 atom stereocenters. The fourth-order valence-electron chi connectivity index (χ4n) is 2.82. The first-order chi connectivity index (χ1) is 12.5. The summed E-state index contributed by atoms with van der Waals surface area (Å²) in [6.45, 7) is 7.38. The summed E-state index contributed by atoms with van der Waals surface area (Å²) in [7, 11) is 0. The lowest BCUT2D eigenvalue weighted by molar-refractivity contribution is -0.119. The van der Waals surface area contributed by atoms with E-state index in [9.17, 15) is 9.59 Å². The van der Waals surface area contributed by atoms with Gasteiger partial charge in [-0.2, -0.15) is 0 Å². The Balaban J connectivity index is 1.87. The number of benzene rings is 1. The second-order valence-corrected chi connectivity index (χ2v) is 6.85. The number of amides is 2. The van der Waals surface area contributed by atoms with Crippen molar-refractivity contribution in [3.05, 3.63) is 23.0 Å². The number of ether oxygens (including phenoxy) is 1. The zero-order chi connectivity index (χ0) is 18.7. The predicted octanol–water partition coefficient (Wildman–Crippen LogP) is 2.04. The third-order valence-electron chi connectivity index (χ3n) is 4.02. The normalized spacial score (nSPS) is 17.7. The van der Waals surface area contributed by atoms with Crippen LogP contribution in [0.1, 0.15) is 20.8 Å². The first kappa shape index (κ1) is 18.2. The van der Waals surface area contributed by atoms with E-state index >= 15 is 0 Å². The number of nitrogens with zero attached hydrogens (tertiary/aromatic N) is 3. The predicted molar refractivity (Wildman–Crippen MR) is 99.0 cm³/mol. The van der Waals surface area contributed by atoms with Gasteiger partial charge in [-0.15, -0.1) is 0 Å². The van der Waals surface area contributed by atoms with Crippen LogP contribution >= 0.6 is 11.3 Å². The van der Waals surface area contributed by atoms with Gasteiger partial charge in [0.25, 0.3) is 0 Å². The zero-order valence-corrected chi connectivity index (χ0v) is 15.8. The number of carbonyl (C=O) groups excluding carboxylic acids is 2. The molecule has 3 rings (SSSR count). The molecule has 2 heterocycles. The number of fused-ring (bicyclic) bond motifs is 1. The van der Waals surface area contributed by atoms with E-state index in [1.807, 2.05) is 25.1 Å². The Kier molecular flexibility index (Phi) is 5.46. The maximum Gasteiger partial charge on any atom is 0.414 e. The quantitative estimate of drug-likeness (QED) is 0.780. The Hall–Kier alpha value is -2.55. The van der Waals surface area contributed by atoms with Crippen LogP contribution < -0.4 is 15.0 Å². The Morgan fingerprint density at radius 1 is 1.46 bits per heavy atom. The molecule has 26 heavy (non-hydrogen) atoms. The second kappa shape index (κ2) is 7.77. The summed E-state index contributed by atoms with van der Waals surface area (Å²) in [6, 6.07) is 5.83. The Morgan fingerprint density at radius 3 is 2.96 bits per heavy atom. The van der Waals surface area contributed by atoms with Crippen LogP contribution in [0.15, 0.2) is 23.4 Å². The van der Waals surface area contributed by atoms with E-state index in [1.54, 1.807) is 4.90 Å². The van der Waals surface area contributed by atoms with Gasteiger partial charge in [-0.25, -0.2) is 4.79 Å². The van der Waals surface area contributed by atoms with E-state index in [-0.39, 0.29) is 12.0 Å². The van der Waals surface area contributed by atoms with Gasteiger partial charge in [-0.05, 0) is 32.0 Å². The van der Waals surface area contributed by atoms with E-state index < -0.39 is 6.09 Å². The third kappa shape index (κ3) is 3.67. The van der Waals surface area contributed by atoms with E-state index in [0.29, 0.717) is 19.7 Å². The van der Waals surface area contributed by atoms with Crippen LogP contribution in [0.5, 0.6) is 0 Å². The number of aryl methyl sites for hydroxylation is 1. The van der Waals surface area contributed by atoms with Crippen molar-refractivity contribution in [1.82, 2.24) is 9.88 Å². The van der Waals surface area contributed by atoms with E-state index in [1.165, 1.54) is 18.3 Å². The van der Waals surface area contributed by atoms with Crippen LogP contribution in [0.25, 0.3) is 10.2 Å². The van der Waals surface area contributed by atoms with Crippen molar-refractivity contribution < 1.29 is 19.2 Å². The third-order valence-corrected chi connectivity index (χ3v) is 5.04. The zero-order valence-electron chi connectivity index (χ0n) is 15.0. The molecule has 1 fully saturated rings. The van der Waals surface area contributed by atoms with Crippen LogP contribution in [-0.2, 0) is 20.9 Å². The topological polar surface area (TPSA) is 85.2 Å². The molecule has 0 unspecified atom stereocenters. The van der Waals surface area contributed by atoms with Crippen molar-refractivity contribution in [2.45, 2.75) is 33.4 Å². The fourth-order valence-corrected chi connectivity index (χ4v) is 3.91. The fraction of sp³-hybridized carbons (Fsp3) is 0.471. The number of anilines is 1. The lowest BCUT2D eigenvalue weighted by Gasteiger charge is -2.13. The van der Waals surface area contributed by atoms with Gasteiger partial charge in [-0.3, -0.25) is 9.69 Å². The molecular formula is C17H22N4O4S. The van der Waals surface area contributed by atoms with Gasteiger partial charge in [0.1, 0.15) is 12.7 Å². The van der Waals surface area contributed by atoms with Gasteiger partial charge < -0.3 is 19.5 Å². The summed E-state index contributed by atoms with van der Waals surface area (Å²) >= 11 is 1.51. The molecule has 1 aliphatic heterocycles. The highest BCUT2D eigenvalue weighted by atomic mass is 32.1. The molecule has 0 spiro atoms. The number of hydrogen-bond donors (Lipinski definition) is 1. The molecule has 1 N–H and O–H groups in total. The molecule has 2 amide bonds. The minimum Gasteiger partial charge on any atom is -0.442 e. The van der Waals surface area contributed by atoms with E-state index in [0.717, 1.165) is 27.3 Å². The highest BCUT2D eigenvalue weighted by molar-refractivity contribution is 7.16. The number of nitrogens with one attached hydrogen (secondary N) is 1. The minimum atomic E-state index is -0.404. The summed E-state index contributed by atoms with van der Waals surface area (Å²) in [5.74, 6) is -0.144. The molecule has 0 saturated carbocycles. The molecule has 1 aromatic heterocycles. The molecule has 140 valence electrons. The van der Waals surface area contributed by atoms with Crippen molar-refractivity contribution in [3.63, 3.8) is 0 Å². The Labute approximate surface area is 155 Å². The molecule has 1 saturated heterocycles. The first-order valence-electron chi connectivity index (χ1n) is 8.55. The number of carbonyl (C=O) groups is 2. The lowest BCUT2D eigenvalue weighted by Crippen LogP contribution is -2.33. The standard InChI is InChI=1S/C17H22N4O4S/c1-4-20-14-7-6-12(8-15(14)26-16(20)19-24-5-2)21-10-13(25-17(21)23)9-18-11(3)22/h6-8,13H,4-5,9-10H2,1-3H3,(H,18,22)/t13-/m0/s1. The summed E-state index contributed by atoms with van der Waals surface area (Å²) in [4.78, 5) is 30.8. The number of rotatable bonds is 6. The maximum atomic E-state index is 12.2. The largest absolute Gasteiger partial charge is 0.442 e. The Morgan fingerprint density at radius 2 is 2.27 bits per heavy atom. The van der Waals surface area contributed by atoms with Crippen molar-refractivity contribution in [3.8, 4) is 0 Å². The molecule has 1 aromatic carbocycles. The van der Waals surface area contributed by atoms with E-state index in [2.05, 4.69) is 22.0 Å². The summed E-state index contributed by atoms with van der Waals surface area (Å²) in [5.41, 5.74) is 1.81. The van der Waals surface area contributed by atoms with Crippen LogP contribution in [0.2, 0.25) is 0 Å². The number of hydrogen-bond acceptors (Lipinski definition) is 6. The number of thiazole rings is 1. The molecular weight excluding hydrogens is 356 g/mol. The lowest BCUT2D eigenvalue weighted by atomic mass is 10.2. The second-order valence-electron chi connectivity index (χ2n) is 5.84. The first-order valence-corrected chi connectivity index (χ1v) is 9.37. The van der Waals surface area contributed by atoms with Gasteiger partial charge in [-0.1, -0.05) is 16.5 Å². The van der Waals surface area contributed by atoms with Crippen molar-refractivity contribution in [2.24, 2.45) is 5.16 Å². The van der Waals surface area contributed by atoms with Crippen LogP contribution in [0, 0.1) is 0 Å². The van der Waals surface area contributed by atoms with Crippen molar-refractivity contribution in [2.75, 3.05) is 24.6 Å². The van der Waals surface area contributed by atoms with Crippen LogP contribution in [0.4, 0.5) is 10.5 Å². The molecule has 0 bridgehead atoms. The maximum absolute atomic E-state index is 12.2. The van der Waals surface area contributed by atoms with Gasteiger partial charge in [0, 0.05) is 19.2 Å². The smallest absolute Gasteiger partial charge is 0.414 e. The van der Waals surface area contributed by atoms with Gasteiger partial charge in [0.2, 0.25) is 10.7 Å². The molecule has 0 radical (unpaired) electrons. The summed E-state index contributed by atoms with van der Waals surface area (Å²) < 4.78 is 8.41. The summed E-state index contributed by atoms with van der Waals surface area (Å²) in [5, 5.41) is 6.84. The minimum absolute atomic E-state index is 0.144. The highest BCUT2D eigenvalue weighted by Crippen LogP contribution is 2.27. The number of aromatic nitrogens is 1. The van der Waals surface area contributed by atoms with E-state index in [4.69, 9.17) is 9.57 Å². The van der Waals surface area contributed by atoms with Crippen molar-refractivity contribution >= 4 is 39.2 Å². The average Bonchev–Trinajstić information content (AvgIpc) is 3.16. The SMILES string of the molecule is CCON=c1sc2cc(N3C[C@H](CNC(C)=O)OC3=O)ccc2n1CC. The van der Waals surface area contributed by atoms with Crippen molar-refractivity contribution in [1.29, 1.82) is 0 Å². The van der Waals surface area contributed by atoms with Gasteiger partial charge in [0.05, 0.1) is 23.3 Å². The Bertz CT molecular complexity index is 889. The van der Waals surface area contributed by atoms with Gasteiger partial charge >= 0.3 is 6.09 Å². The summed E-state index contributed by atoms with van der Waals surface area (Å²) in [6.07, 6.45) is -0.756. The molecule has 1 aliphatic rings. The molecule has 0 aliphatic carbocycles. The molecule has 9 heteroatoms. The molecule has 8 nitrogen and oxygen atoms in total. The average molecular weight is 378 g/mol.